The average Bonchev–Trinajstić information content (AvgIpc) is 2.75. The fraction of sp³-hybridized carbons (Fsp3) is 0.308. The number of nitrogens with zero attached hydrogens (tertiary/aromatic N) is 2. The Bertz CT molecular complexity index is 539. The first-order valence-electron chi connectivity index (χ1n) is 5.67. The van der Waals surface area contributed by atoms with Crippen LogP contribution in [0.2, 0.25) is 0 Å². The Morgan fingerprint density at radius 3 is 2.83 bits per heavy atom. The molecule has 2 aromatic rings. The van der Waals surface area contributed by atoms with Gasteiger partial charge in [-0.2, -0.15) is 0 Å². The first kappa shape index (κ1) is 13.1. The van der Waals surface area contributed by atoms with Gasteiger partial charge in [0.05, 0.1) is 11.6 Å². The number of aromatic nitrogens is 2. The van der Waals surface area contributed by atoms with Crippen molar-refractivity contribution >= 4 is 15.9 Å². The smallest absolute Gasteiger partial charge is 0.133 e. The molecule has 2 rings (SSSR count). The lowest BCUT2D eigenvalue weighted by molar-refractivity contribution is 0.412. The highest BCUT2D eigenvalue weighted by Crippen LogP contribution is 2.28. The van der Waals surface area contributed by atoms with E-state index in [9.17, 15) is 0 Å². The Labute approximate surface area is 115 Å². The molecule has 96 valence electrons. The lowest BCUT2D eigenvalue weighted by Gasteiger charge is -2.13. The quantitative estimate of drug-likeness (QED) is 0.943. The minimum Gasteiger partial charge on any atom is -0.496 e. The van der Waals surface area contributed by atoms with Gasteiger partial charge in [-0.05, 0) is 33.6 Å². The Morgan fingerprint density at radius 2 is 2.28 bits per heavy atom. The van der Waals surface area contributed by atoms with Crippen LogP contribution in [0.4, 0.5) is 0 Å². The number of nitrogens with two attached hydrogens (primary N) is 1. The van der Waals surface area contributed by atoms with Crippen molar-refractivity contribution in [3.63, 3.8) is 0 Å². The number of aryl methyl sites for hydroxylation is 1. The summed E-state index contributed by atoms with van der Waals surface area (Å²) in [6.07, 6.45) is 4.42. The number of halogens is 1. The normalized spacial score (nSPS) is 12.4. The number of benzene rings is 1. The van der Waals surface area contributed by atoms with Gasteiger partial charge in [-0.1, -0.05) is 6.07 Å². The molecule has 0 aliphatic heterocycles. The highest BCUT2D eigenvalue weighted by Gasteiger charge is 2.12. The molecule has 0 bridgehead atoms. The molecule has 4 nitrogen and oxygen atoms in total. The van der Waals surface area contributed by atoms with E-state index in [1.165, 1.54) is 0 Å². The molecule has 1 unspecified atom stereocenters. The Balaban J connectivity index is 2.16. The molecule has 0 amide bonds. The molecular formula is C13H16BrN3O. The summed E-state index contributed by atoms with van der Waals surface area (Å²) >= 11 is 3.47. The molecule has 0 saturated carbocycles. The van der Waals surface area contributed by atoms with Crippen molar-refractivity contribution in [2.45, 2.75) is 12.5 Å². The van der Waals surface area contributed by atoms with Crippen molar-refractivity contribution < 1.29 is 4.74 Å². The van der Waals surface area contributed by atoms with Crippen LogP contribution in [0.25, 0.3) is 0 Å². The molecule has 1 aromatic carbocycles. The first-order chi connectivity index (χ1) is 8.61. The van der Waals surface area contributed by atoms with Crippen molar-refractivity contribution in [2.24, 2.45) is 12.8 Å². The van der Waals surface area contributed by atoms with Gasteiger partial charge in [0.25, 0.3) is 0 Å². The summed E-state index contributed by atoms with van der Waals surface area (Å²) in [6.45, 7) is 0. The first-order valence-corrected chi connectivity index (χ1v) is 6.46. The van der Waals surface area contributed by atoms with E-state index in [1.54, 1.807) is 13.3 Å². The van der Waals surface area contributed by atoms with Crippen LogP contribution in [0.3, 0.4) is 0 Å². The molecule has 0 saturated heterocycles. The molecule has 0 fully saturated rings. The highest BCUT2D eigenvalue weighted by molar-refractivity contribution is 9.10. The van der Waals surface area contributed by atoms with Crippen LogP contribution >= 0.6 is 15.9 Å². The zero-order valence-corrected chi connectivity index (χ0v) is 12.0. The number of methoxy groups -OCH3 is 1. The fourth-order valence-corrected chi connectivity index (χ4v) is 2.38. The number of hydrogen-bond acceptors (Lipinski definition) is 3. The van der Waals surface area contributed by atoms with Crippen LogP contribution in [-0.4, -0.2) is 16.7 Å². The molecule has 1 heterocycles. The lowest BCUT2D eigenvalue weighted by Crippen LogP contribution is -2.15. The summed E-state index contributed by atoms with van der Waals surface area (Å²) in [5.41, 5.74) is 7.26. The van der Waals surface area contributed by atoms with Crippen LogP contribution in [-0.2, 0) is 13.5 Å². The van der Waals surface area contributed by atoms with Gasteiger partial charge in [-0.3, -0.25) is 0 Å². The Hall–Kier alpha value is -1.33. The second-order valence-corrected chi connectivity index (χ2v) is 5.01. The van der Waals surface area contributed by atoms with E-state index in [0.717, 1.165) is 21.6 Å². The summed E-state index contributed by atoms with van der Waals surface area (Å²) in [5, 5.41) is 0. The van der Waals surface area contributed by atoms with Crippen LogP contribution in [0.5, 0.6) is 5.75 Å². The van der Waals surface area contributed by atoms with E-state index in [2.05, 4.69) is 20.9 Å². The van der Waals surface area contributed by atoms with E-state index in [4.69, 9.17) is 10.5 Å². The summed E-state index contributed by atoms with van der Waals surface area (Å²) < 4.78 is 8.10. The molecular weight excluding hydrogens is 294 g/mol. The van der Waals surface area contributed by atoms with E-state index >= 15 is 0 Å². The van der Waals surface area contributed by atoms with Crippen LogP contribution in [0.15, 0.2) is 35.1 Å². The lowest BCUT2D eigenvalue weighted by atomic mass is 10.0. The molecule has 1 atom stereocenters. The summed E-state index contributed by atoms with van der Waals surface area (Å²) in [7, 11) is 3.62. The van der Waals surface area contributed by atoms with Crippen LogP contribution in [0.1, 0.15) is 17.4 Å². The third-order valence-corrected chi connectivity index (χ3v) is 3.55. The Morgan fingerprint density at radius 1 is 1.50 bits per heavy atom. The fourth-order valence-electron chi connectivity index (χ4n) is 1.82. The van der Waals surface area contributed by atoms with Gasteiger partial charge in [0.2, 0.25) is 0 Å². The standard InChI is InChI=1S/C13H16BrN3O/c1-17-6-5-16-13(17)8-11(15)9-3-4-12(18-2)10(14)7-9/h3-7,11H,8,15H2,1-2H3. The van der Waals surface area contributed by atoms with Gasteiger partial charge in [-0.15, -0.1) is 0 Å². The van der Waals surface area contributed by atoms with Crippen molar-refractivity contribution in [1.29, 1.82) is 0 Å². The molecule has 0 aliphatic carbocycles. The zero-order valence-electron chi connectivity index (χ0n) is 10.4. The van der Waals surface area contributed by atoms with Gasteiger partial charge in [0.15, 0.2) is 0 Å². The number of ether oxygens (including phenoxy) is 1. The predicted octanol–water partition coefficient (Wildman–Crippen LogP) is 2.43. The molecule has 18 heavy (non-hydrogen) atoms. The molecule has 0 aliphatic rings. The molecule has 5 heteroatoms. The second-order valence-electron chi connectivity index (χ2n) is 4.16. The van der Waals surface area contributed by atoms with E-state index in [-0.39, 0.29) is 6.04 Å². The number of rotatable bonds is 4. The average molecular weight is 310 g/mol. The van der Waals surface area contributed by atoms with Gasteiger partial charge in [-0.25, -0.2) is 4.98 Å². The van der Waals surface area contributed by atoms with E-state index in [0.29, 0.717) is 6.42 Å². The minimum absolute atomic E-state index is 0.0756. The zero-order chi connectivity index (χ0) is 13.1. The molecule has 2 N–H and O–H groups in total. The van der Waals surface area contributed by atoms with Crippen molar-refractivity contribution in [3.05, 3.63) is 46.5 Å². The largest absolute Gasteiger partial charge is 0.496 e. The number of imidazole rings is 1. The monoisotopic (exact) mass is 309 g/mol. The van der Waals surface area contributed by atoms with E-state index < -0.39 is 0 Å². The summed E-state index contributed by atoms with van der Waals surface area (Å²) in [6, 6.07) is 5.81. The molecule has 1 aromatic heterocycles. The second kappa shape index (κ2) is 5.54. The third-order valence-electron chi connectivity index (χ3n) is 2.93. The predicted molar refractivity (Wildman–Crippen MR) is 74.5 cm³/mol. The minimum atomic E-state index is -0.0756. The van der Waals surface area contributed by atoms with Gasteiger partial charge in [0, 0.05) is 31.9 Å². The maximum Gasteiger partial charge on any atom is 0.133 e. The van der Waals surface area contributed by atoms with Crippen molar-refractivity contribution in [3.8, 4) is 5.75 Å². The van der Waals surface area contributed by atoms with E-state index in [1.807, 2.05) is 36.0 Å². The van der Waals surface area contributed by atoms with Gasteiger partial charge >= 0.3 is 0 Å². The molecule has 0 spiro atoms. The molecule has 0 radical (unpaired) electrons. The topological polar surface area (TPSA) is 53.1 Å². The summed E-state index contributed by atoms with van der Waals surface area (Å²) in [5.74, 6) is 1.79. The van der Waals surface area contributed by atoms with Gasteiger partial charge < -0.3 is 15.0 Å². The van der Waals surface area contributed by atoms with Crippen LogP contribution in [0, 0.1) is 0 Å². The Kier molecular flexibility index (Phi) is 4.04. The number of hydrogen-bond donors (Lipinski definition) is 1. The maximum absolute atomic E-state index is 6.20. The van der Waals surface area contributed by atoms with Gasteiger partial charge in [0.1, 0.15) is 11.6 Å². The van der Waals surface area contributed by atoms with Crippen molar-refractivity contribution in [2.75, 3.05) is 7.11 Å². The highest BCUT2D eigenvalue weighted by atomic mass is 79.9. The third kappa shape index (κ3) is 2.73. The SMILES string of the molecule is COc1ccc(C(N)Cc2nccn2C)cc1Br. The maximum atomic E-state index is 6.20. The van der Waals surface area contributed by atoms with Crippen LogP contribution < -0.4 is 10.5 Å². The van der Waals surface area contributed by atoms with Crippen molar-refractivity contribution in [1.82, 2.24) is 9.55 Å². The summed E-state index contributed by atoms with van der Waals surface area (Å²) in [4.78, 5) is 4.28.